The Balaban J connectivity index is 0.00000562. The fraction of sp³-hybridized carbons (Fsp3) is 0. The minimum Gasteiger partial charge on any atom is -0.744 e. The molecule has 5 rings (SSSR count). The summed E-state index contributed by atoms with van der Waals surface area (Å²) in [5.41, 5.74) is 2.64. The second kappa shape index (κ2) is 19.6. The molecular formula is C23H12ClCuN7Na4O14S4. The molecule has 0 saturated heterocycles. The van der Waals surface area contributed by atoms with Crippen LogP contribution in [-0.2, 0) is 57.5 Å². The van der Waals surface area contributed by atoms with Crippen LogP contribution in [0, 0.1) is 0 Å². The van der Waals surface area contributed by atoms with Gasteiger partial charge in [0.1, 0.15) is 51.8 Å². The number of aromatic nitrogens is 3. The smallest absolute Gasteiger partial charge is 0.744 e. The number of aromatic hydroxyl groups is 2. The van der Waals surface area contributed by atoms with Gasteiger partial charge in [-0.15, -0.1) is 10.2 Å². The molecule has 1 radical (unpaired) electrons. The summed E-state index contributed by atoms with van der Waals surface area (Å²) in [6.07, 6.45) is 0. The third-order valence-corrected chi connectivity index (χ3v) is 9.98. The van der Waals surface area contributed by atoms with E-state index in [2.05, 4.69) is 30.5 Å². The number of phenolic OH excluding ortho intramolecular Hbond substituents is 2. The van der Waals surface area contributed by atoms with Gasteiger partial charge < -0.3 is 39.5 Å². The Bertz CT molecular complexity index is 2750. The monoisotopic (exact) mass is 928 g/mol. The van der Waals surface area contributed by atoms with Crippen LogP contribution in [-0.4, -0.2) is 77.0 Å². The molecule has 0 atom stereocenters. The fourth-order valence-electron chi connectivity index (χ4n) is 4.51. The largest absolute Gasteiger partial charge is 1.00 e. The van der Waals surface area contributed by atoms with E-state index < -0.39 is 127 Å². The Morgan fingerprint density at radius 2 is 1.26 bits per heavy atom. The maximum Gasteiger partial charge on any atom is 1.00 e. The molecule has 4 aromatic carbocycles. The minimum atomic E-state index is -5.69. The number of azo groups is 1. The summed E-state index contributed by atoms with van der Waals surface area (Å²) in [5, 5.41) is 28.0. The van der Waals surface area contributed by atoms with Crippen molar-refractivity contribution in [2.24, 2.45) is 10.2 Å². The zero-order valence-electron chi connectivity index (χ0n) is 27.5. The number of nitrogens with zero attached hydrogens (tertiary/aromatic N) is 5. The number of anilines is 3. The van der Waals surface area contributed by atoms with Crippen LogP contribution in [0.2, 0.25) is 5.28 Å². The normalized spacial score (nSPS) is 11.8. The molecule has 5 aromatic rings. The van der Waals surface area contributed by atoms with E-state index in [4.69, 9.17) is 17.3 Å². The van der Waals surface area contributed by atoms with Gasteiger partial charge >= 0.3 is 118 Å². The number of halogens is 1. The Kier molecular flexibility index (Phi) is 19.5. The quantitative estimate of drug-likeness (QED) is 0.0637. The van der Waals surface area contributed by atoms with Crippen LogP contribution in [0.5, 0.6) is 11.5 Å². The van der Waals surface area contributed by atoms with Gasteiger partial charge in [0.25, 0.3) is 0 Å². The van der Waals surface area contributed by atoms with E-state index in [1.165, 1.54) is 0 Å². The summed E-state index contributed by atoms with van der Waals surface area (Å²) in [7, 11) is -22.0. The van der Waals surface area contributed by atoms with Crippen LogP contribution < -0.4 is 129 Å². The standard InChI is InChI=1S/C23H16ClN7O14S4.Cu.4Na/c24-21-27-22(25)29-23(28-21)26-11-6-9(46(34,35)36)4-8-5-15(49(43,44)45)18(20(33)16(8)11)31-30-12-7-14(48(40,41)42)10-2-1-3-13(47(37,38)39)17(10)19(12)32;;;;;/h1-7,32-33H,(H,34,35,36)(H,37,38,39)(H,40,41,42)(H,43,44,45)(H3,25,26,27,28,29);;;;;/q;;4*+1/p-4. The zero-order chi connectivity index (χ0) is 36.4. The van der Waals surface area contributed by atoms with Crippen molar-refractivity contribution in [3.05, 3.63) is 47.7 Å². The van der Waals surface area contributed by atoms with Gasteiger partial charge in [0, 0.05) is 33.2 Å². The van der Waals surface area contributed by atoms with E-state index in [-0.39, 0.29) is 135 Å². The number of rotatable bonds is 8. The van der Waals surface area contributed by atoms with E-state index in [9.17, 15) is 62.1 Å². The first-order valence-corrected chi connectivity index (χ1v) is 18.3. The zero-order valence-corrected chi connectivity index (χ0v) is 40.4. The Morgan fingerprint density at radius 1 is 0.685 bits per heavy atom. The van der Waals surface area contributed by atoms with E-state index >= 15 is 0 Å². The van der Waals surface area contributed by atoms with Gasteiger partial charge in [-0.1, -0.05) is 12.1 Å². The summed E-state index contributed by atoms with van der Waals surface area (Å²) in [6, 6.07) is 4.51. The van der Waals surface area contributed by atoms with Crippen LogP contribution in [0.25, 0.3) is 21.5 Å². The second-order valence-electron chi connectivity index (χ2n) is 9.49. The molecule has 31 heteroatoms. The van der Waals surface area contributed by atoms with Crippen molar-refractivity contribution in [1.82, 2.24) is 15.0 Å². The average molecular weight is 930 g/mol. The number of fused-ring (bicyclic) bond motifs is 2. The minimum absolute atomic E-state index is 0. The van der Waals surface area contributed by atoms with Gasteiger partial charge in [-0.05, 0) is 47.3 Å². The van der Waals surface area contributed by atoms with Gasteiger partial charge in [-0.3, -0.25) is 0 Å². The SMILES string of the molecule is Nc1nc(Cl)nc(Nc2cc(S(=O)(=O)[O-])cc3cc(S(=O)(=O)[O-])c(N=Nc4cc(S(=O)(=O)[O-])c5cccc(S(=O)(=O)[O-])c5c4O)c(O)c23)n1.[Cu].[Na+].[Na+].[Na+].[Na+]. The molecule has 0 bridgehead atoms. The van der Waals surface area contributed by atoms with Crippen molar-refractivity contribution in [1.29, 1.82) is 0 Å². The number of phenols is 2. The van der Waals surface area contributed by atoms with Crippen molar-refractivity contribution >= 4 is 103 Å². The maximum absolute atomic E-state index is 12.3. The first-order chi connectivity index (χ1) is 22.5. The van der Waals surface area contributed by atoms with Crippen LogP contribution in [0.3, 0.4) is 0 Å². The summed E-state index contributed by atoms with van der Waals surface area (Å²) < 4.78 is 144. The molecule has 0 aliphatic carbocycles. The molecule has 269 valence electrons. The van der Waals surface area contributed by atoms with Crippen LogP contribution >= 0.6 is 11.6 Å². The molecule has 0 aliphatic rings. The molecule has 54 heavy (non-hydrogen) atoms. The average Bonchev–Trinajstić information content (AvgIpc) is 2.94. The number of nitrogen functional groups attached to an aromatic ring is 1. The van der Waals surface area contributed by atoms with Gasteiger partial charge in [-0.25, -0.2) is 33.7 Å². The first-order valence-electron chi connectivity index (χ1n) is 12.3. The van der Waals surface area contributed by atoms with Gasteiger partial charge in [0.05, 0.1) is 25.3 Å². The van der Waals surface area contributed by atoms with Crippen molar-refractivity contribution in [3.8, 4) is 11.5 Å². The molecule has 21 nitrogen and oxygen atoms in total. The fourth-order valence-corrected chi connectivity index (χ4v) is 7.25. The van der Waals surface area contributed by atoms with E-state index in [0.717, 1.165) is 12.1 Å². The molecule has 0 spiro atoms. The number of hydrogen-bond acceptors (Lipinski definition) is 21. The van der Waals surface area contributed by atoms with Crippen molar-refractivity contribution in [3.63, 3.8) is 0 Å². The molecule has 0 saturated carbocycles. The number of hydrogen-bond donors (Lipinski definition) is 4. The van der Waals surface area contributed by atoms with Crippen LogP contribution in [0.4, 0.5) is 29.0 Å². The number of benzene rings is 4. The first kappa shape index (κ1) is 53.7. The Labute approximate surface area is 409 Å². The summed E-state index contributed by atoms with van der Waals surface area (Å²) in [4.78, 5) is 6.05. The molecule has 1 heterocycles. The second-order valence-corrected chi connectivity index (χ2v) is 15.3. The molecule has 0 amide bonds. The predicted molar refractivity (Wildman–Crippen MR) is 160 cm³/mol. The summed E-state index contributed by atoms with van der Waals surface area (Å²) >= 11 is 5.75. The number of nitrogens with two attached hydrogens (primary N) is 1. The third-order valence-electron chi connectivity index (χ3n) is 6.39. The Morgan fingerprint density at radius 3 is 1.78 bits per heavy atom. The molecule has 0 fully saturated rings. The third kappa shape index (κ3) is 11.7. The number of nitrogens with one attached hydrogen (secondary N) is 1. The topological polar surface area (TPSA) is 371 Å². The Hall–Kier alpha value is -0.341. The van der Waals surface area contributed by atoms with Crippen LogP contribution in [0.1, 0.15) is 0 Å². The predicted octanol–water partition coefficient (Wildman–Crippen LogP) is -10.4. The van der Waals surface area contributed by atoms with Crippen LogP contribution in [0.15, 0.2) is 72.3 Å². The van der Waals surface area contributed by atoms with Crippen molar-refractivity contribution < 1.29 is 197 Å². The van der Waals surface area contributed by atoms with Crippen molar-refractivity contribution in [2.45, 2.75) is 19.6 Å². The summed E-state index contributed by atoms with van der Waals surface area (Å²) in [5.74, 6) is -3.50. The van der Waals surface area contributed by atoms with Gasteiger partial charge in [-0.2, -0.15) is 15.0 Å². The molecule has 1 aromatic heterocycles. The van der Waals surface area contributed by atoms with Gasteiger partial charge in [0.2, 0.25) is 17.2 Å². The van der Waals surface area contributed by atoms with E-state index in [0.29, 0.717) is 30.3 Å². The van der Waals surface area contributed by atoms with Crippen molar-refractivity contribution in [2.75, 3.05) is 11.1 Å². The maximum atomic E-state index is 12.3. The summed E-state index contributed by atoms with van der Waals surface area (Å²) in [6.45, 7) is 0. The van der Waals surface area contributed by atoms with Gasteiger partial charge in [0.15, 0.2) is 11.5 Å². The molecule has 0 unspecified atom stereocenters. The molecular weight excluding hydrogens is 918 g/mol. The molecule has 0 aliphatic heterocycles. The molecule has 5 N–H and O–H groups in total. The van der Waals surface area contributed by atoms with E-state index in [1.807, 2.05) is 0 Å². The van der Waals surface area contributed by atoms with E-state index in [1.54, 1.807) is 0 Å².